The second kappa shape index (κ2) is 4.64. The van der Waals surface area contributed by atoms with Gasteiger partial charge >= 0.3 is 0 Å². The number of ketones is 1. The van der Waals surface area contributed by atoms with Gasteiger partial charge in [0.25, 0.3) is 0 Å². The van der Waals surface area contributed by atoms with Crippen LogP contribution in [0, 0.1) is 0 Å². The lowest BCUT2D eigenvalue weighted by atomic mass is 10.1. The number of hydrogen-bond acceptors (Lipinski definition) is 3. The highest BCUT2D eigenvalue weighted by atomic mass is 16.1. The van der Waals surface area contributed by atoms with Gasteiger partial charge in [-0.1, -0.05) is 6.92 Å². The van der Waals surface area contributed by atoms with E-state index in [1.54, 1.807) is 13.1 Å². The summed E-state index contributed by atoms with van der Waals surface area (Å²) in [6.07, 6.45) is 5.30. The fourth-order valence-corrected chi connectivity index (χ4v) is 2.44. The first-order valence-electron chi connectivity index (χ1n) is 5.96. The van der Waals surface area contributed by atoms with Gasteiger partial charge in [-0.15, -0.1) is 0 Å². The number of carbonyl (C=O) groups is 1. The largest absolute Gasteiger partial charge is 0.353 e. The Kier molecular flexibility index (Phi) is 3.22. The van der Waals surface area contributed by atoms with E-state index in [4.69, 9.17) is 0 Å². The molecule has 1 atom stereocenters. The molecule has 0 N–H and O–H groups in total. The molecule has 0 bridgehead atoms. The molecule has 3 heteroatoms. The van der Waals surface area contributed by atoms with Crippen molar-refractivity contribution in [3.63, 3.8) is 0 Å². The van der Waals surface area contributed by atoms with Gasteiger partial charge in [0.2, 0.25) is 0 Å². The highest BCUT2D eigenvalue weighted by Crippen LogP contribution is 2.28. The van der Waals surface area contributed by atoms with E-state index in [0.717, 1.165) is 24.3 Å². The number of hydrogen-bond donors (Lipinski definition) is 0. The average molecular weight is 218 g/mol. The second-order valence-electron chi connectivity index (χ2n) is 4.33. The monoisotopic (exact) mass is 218 g/mol. The highest BCUT2D eigenvalue weighted by Gasteiger charge is 2.26. The minimum absolute atomic E-state index is 0.102. The number of Topliss-reactive ketones (excluding diaryl/α,β-unsaturated/α-hetero) is 1. The van der Waals surface area contributed by atoms with Crippen molar-refractivity contribution in [2.24, 2.45) is 0 Å². The van der Waals surface area contributed by atoms with E-state index >= 15 is 0 Å². The summed E-state index contributed by atoms with van der Waals surface area (Å²) < 4.78 is 0. The van der Waals surface area contributed by atoms with Gasteiger partial charge < -0.3 is 4.90 Å². The van der Waals surface area contributed by atoms with E-state index in [2.05, 4.69) is 16.8 Å². The van der Waals surface area contributed by atoms with E-state index in [1.807, 2.05) is 12.1 Å². The van der Waals surface area contributed by atoms with E-state index in [-0.39, 0.29) is 5.78 Å². The molecular weight excluding hydrogens is 200 g/mol. The number of pyridine rings is 1. The number of rotatable bonds is 3. The third-order valence-corrected chi connectivity index (χ3v) is 3.29. The number of nitrogens with zero attached hydrogens (tertiary/aromatic N) is 2. The summed E-state index contributed by atoms with van der Waals surface area (Å²) in [6.45, 7) is 4.83. The molecule has 0 spiro atoms. The Balaban J connectivity index is 2.35. The summed E-state index contributed by atoms with van der Waals surface area (Å²) in [6, 6.07) is 4.25. The minimum Gasteiger partial charge on any atom is -0.353 e. The Morgan fingerprint density at radius 1 is 1.62 bits per heavy atom. The molecule has 0 aliphatic carbocycles. The van der Waals surface area contributed by atoms with Crippen LogP contribution in [0.2, 0.25) is 0 Å². The SMILES string of the molecule is CCC1CCCN1c1ncccc1C(C)=O. The molecule has 1 aromatic rings. The number of aromatic nitrogens is 1. The van der Waals surface area contributed by atoms with Gasteiger partial charge in [0.1, 0.15) is 5.82 Å². The van der Waals surface area contributed by atoms with Crippen molar-refractivity contribution in [3.05, 3.63) is 23.9 Å². The van der Waals surface area contributed by atoms with Crippen LogP contribution in [-0.4, -0.2) is 23.4 Å². The molecule has 3 nitrogen and oxygen atoms in total. The van der Waals surface area contributed by atoms with E-state index in [9.17, 15) is 4.79 Å². The van der Waals surface area contributed by atoms with E-state index < -0.39 is 0 Å². The van der Waals surface area contributed by atoms with Gasteiger partial charge in [0, 0.05) is 18.8 Å². The van der Waals surface area contributed by atoms with Crippen LogP contribution in [-0.2, 0) is 0 Å². The summed E-state index contributed by atoms with van der Waals surface area (Å²) in [7, 11) is 0. The lowest BCUT2D eigenvalue weighted by molar-refractivity contribution is 0.101. The maximum absolute atomic E-state index is 11.6. The van der Waals surface area contributed by atoms with Gasteiger partial charge in [-0.2, -0.15) is 0 Å². The zero-order valence-corrected chi connectivity index (χ0v) is 9.94. The molecule has 1 aromatic heterocycles. The summed E-state index contributed by atoms with van der Waals surface area (Å²) in [5, 5.41) is 0. The van der Waals surface area contributed by atoms with Crippen molar-refractivity contribution in [3.8, 4) is 0 Å². The molecular formula is C13H18N2O. The van der Waals surface area contributed by atoms with Crippen LogP contribution in [0.5, 0.6) is 0 Å². The predicted octanol–water partition coefficient (Wildman–Crippen LogP) is 2.66. The normalized spacial score (nSPS) is 20.1. The molecule has 0 amide bonds. The first-order valence-corrected chi connectivity index (χ1v) is 5.96. The van der Waals surface area contributed by atoms with Crippen molar-refractivity contribution >= 4 is 11.6 Å². The zero-order chi connectivity index (χ0) is 11.5. The summed E-state index contributed by atoms with van der Waals surface area (Å²) >= 11 is 0. The molecule has 1 aliphatic rings. The Bertz CT molecular complexity index is 389. The lowest BCUT2D eigenvalue weighted by Gasteiger charge is -2.26. The third kappa shape index (κ3) is 1.94. The summed E-state index contributed by atoms with van der Waals surface area (Å²) in [5.41, 5.74) is 0.753. The summed E-state index contributed by atoms with van der Waals surface area (Å²) in [4.78, 5) is 18.2. The van der Waals surface area contributed by atoms with Crippen LogP contribution >= 0.6 is 0 Å². The van der Waals surface area contributed by atoms with Crippen molar-refractivity contribution in [2.75, 3.05) is 11.4 Å². The van der Waals surface area contributed by atoms with Crippen molar-refractivity contribution in [1.82, 2.24) is 4.98 Å². The maximum Gasteiger partial charge on any atom is 0.163 e. The van der Waals surface area contributed by atoms with Gasteiger partial charge in [-0.05, 0) is 38.3 Å². The molecule has 1 fully saturated rings. The van der Waals surface area contributed by atoms with Crippen LogP contribution in [0.25, 0.3) is 0 Å². The van der Waals surface area contributed by atoms with Crippen molar-refractivity contribution < 1.29 is 4.79 Å². The fourth-order valence-electron chi connectivity index (χ4n) is 2.44. The van der Waals surface area contributed by atoms with Crippen LogP contribution in [0.1, 0.15) is 43.5 Å². The van der Waals surface area contributed by atoms with Gasteiger partial charge in [0.15, 0.2) is 5.78 Å². The van der Waals surface area contributed by atoms with Crippen molar-refractivity contribution in [1.29, 1.82) is 0 Å². The Morgan fingerprint density at radius 3 is 3.12 bits per heavy atom. The molecule has 86 valence electrons. The molecule has 0 aromatic carbocycles. The van der Waals surface area contributed by atoms with Crippen molar-refractivity contribution in [2.45, 2.75) is 39.2 Å². The molecule has 1 unspecified atom stereocenters. The Morgan fingerprint density at radius 2 is 2.44 bits per heavy atom. The predicted molar refractivity (Wildman–Crippen MR) is 64.9 cm³/mol. The smallest absolute Gasteiger partial charge is 0.163 e. The highest BCUT2D eigenvalue weighted by molar-refractivity contribution is 5.98. The Hall–Kier alpha value is -1.38. The van der Waals surface area contributed by atoms with Gasteiger partial charge in [-0.3, -0.25) is 4.79 Å². The van der Waals surface area contributed by atoms with E-state index in [1.165, 1.54) is 12.8 Å². The molecule has 2 heterocycles. The average Bonchev–Trinajstić information content (AvgIpc) is 2.76. The number of carbonyl (C=O) groups excluding carboxylic acids is 1. The fraction of sp³-hybridized carbons (Fsp3) is 0.538. The molecule has 1 saturated heterocycles. The van der Waals surface area contributed by atoms with Crippen LogP contribution in [0.4, 0.5) is 5.82 Å². The maximum atomic E-state index is 11.6. The van der Waals surface area contributed by atoms with Crippen LogP contribution < -0.4 is 4.90 Å². The topological polar surface area (TPSA) is 33.2 Å². The second-order valence-corrected chi connectivity index (χ2v) is 4.33. The Labute approximate surface area is 96.5 Å². The standard InChI is InChI=1S/C13H18N2O/c1-3-11-6-5-9-15(11)13-12(10(2)16)7-4-8-14-13/h4,7-8,11H,3,5-6,9H2,1-2H3. The molecule has 1 aliphatic heterocycles. The minimum atomic E-state index is 0.102. The molecule has 16 heavy (non-hydrogen) atoms. The number of anilines is 1. The zero-order valence-electron chi connectivity index (χ0n) is 9.94. The lowest BCUT2D eigenvalue weighted by Crippen LogP contribution is -2.30. The van der Waals surface area contributed by atoms with Gasteiger partial charge in [0.05, 0.1) is 5.56 Å². The summed E-state index contributed by atoms with van der Waals surface area (Å²) in [5.74, 6) is 0.976. The molecule has 2 rings (SSSR count). The third-order valence-electron chi connectivity index (χ3n) is 3.29. The molecule has 0 saturated carbocycles. The van der Waals surface area contributed by atoms with Crippen LogP contribution in [0.15, 0.2) is 18.3 Å². The van der Waals surface area contributed by atoms with E-state index in [0.29, 0.717) is 6.04 Å². The first-order chi connectivity index (χ1) is 7.74. The van der Waals surface area contributed by atoms with Crippen LogP contribution in [0.3, 0.4) is 0 Å². The van der Waals surface area contributed by atoms with Gasteiger partial charge in [-0.25, -0.2) is 4.98 Å². The quantitative estimate of drug-likeness (QED) is 0.731. The molecule has 0 radical (unpaired) electrons. The first kappa shape index (κ1) is 11.1.